The molecule has 0 bridgehead atoms. The second kappa shape index (κ2) is 6.70. The van der Waals surface area contributed by atoms with Crippen LogP contribution in [0, 0.1) is 18.6 Å². The zero-order valence-corrected chi connectivity index (χ0v) is 12.2. The number of nitrogens with one attached hydrogen (secondary N) is 1. The summed E-state index contributed by atoms with van der Waals surface area (Å²) in [6.45, 7) is 4.39. The SMILES string of the molecule is CCNc1nc(SCc2ccccc2C)c(F)cc1F. The van der Waals surface area contributed by atoms with Crippen LogP contribution in [0.4, 0.5) is 14.6 Å². The lowest BCUT2D eigenvalue weighted by molar-refractivity contribution is 0.551. The van der Waals surface area contributed by atoms with Crippen LogP contribution in [0.1, 0.15) is 18.1 Å². The maximum atomic E-state index is 13.7. The van der Waals surface area contributed by atoms with Gasteiger partial charge >= 0.3 is 0 Å². The van der Waals surface area contributed by atoms with E-state index in [-0.39, 0.29) is 10.8 Å². The van der Waals surface area contributed by atoms with Gasteiger partial charge in [0.1, 0.15) is 5.03 Å². The van der Waals surface area contributed by atoms with E-state index in [1.54, 1.807) is 0 Å². The van der Waals surface area contributed by atoms with Crippen molar-refractivity contribution in [1.82, 2.24) is 4.98 Å². The molecule has 2 aromatic rings. The van der Waals surface area contributed by atoms with Crippen LogP contribution in [0.25, 0.3) is 0 Å². The van der Waals surface area contributed by atoms with Crippen LogP contribution in [0.3, 0.4) is 0 Å². The summed E-state index contributed by atoms with van der Waals surface area (Å²) in [4.78, 5) is 4.01. The summed E-state index contributed by atoms with van der Waals surface area (Å²) in [5.74, 6) is -0.582. The number of thioether (sulfide) groups is 1. The maximum absolute atomic E-state index is 13.7. The van der Waals surface area contributed by atoms with Gasteiger partial charge in [0.15, 0.2) is 17.5 Å². The molecular formula is C15H16F2N2S. The average molecular weight is 294 g/mol. The summed E-state index contributed by atoms with van der Waals surface area (Å²) in [5.41, 5.74) is 2.27. The summed E-state index contributed by atoms with van der Waals surface area (Å²) >= 11 is 1.27. The third-order valence-electron chi connectivity index (χ3n) is 2.87. The van der Waals surface area contributed by atoms with Crippen molar-refractivity contribution in [3.05, 3.63) is 53.1 Å². The quantitative estimate of drug-likeness (QED) is 0.828. The molecule has 0 aliphatic rings. The van der Waals surface area contributed by atoms with Gasteiger partial charge in [-0.15, -0.1) is 0 Å². The van der Waals surface area contributed by atoms with Crippen LogP contribution in [0.2, 0.25) is 0 Å². The lowest BCUT2D eigenvalue weighted by atomic mass is 10.1. The van der Waals surface area contributed by atoms with Crippen molar-refractivity contribution >= 4 is 17.6 Å². The molecule has 5 heteroatoms. The highest BCUT2D eigenvalue weighted by Crippen LogP contribution is 2.27. The van der Waals surface area contributed by atoms with E-state index in [1.807, 2.05) is 38.1 Å². The Kier molecular flexibility index (Phi) is 4.95. The Morgan fingerprint density at radius 1 is 1.20 bits per heavy atom. The van der Waals surface area contributed by atoms with E-state index in [2.05, 4.69) is 10.3 Å². The number of aromatic nitrogens is 1. The monoisotopic (exact) mass is 294 g/mol. The first kappa shape index (κ1) is 14.8. The molecule has 0 amide bonds. The lowest BCUT2D eigenvalue weighted by Crippen LogP contribution is -2.04. The summed E-state index contributed by atoms with van der Waals surface area (Å²) < 4.78 is 27.2. The van der Waals surface area contributed by atoms with Gasteiger partial charge in [0, 0.05) is 18.4 Å². The predicted molar refractivity (Wildman–Crippen MR) is 79.1 cm³/mol. The number of nitrogens with zero attached hydrogens (tertiary/aromatic N) is 1. The molecule has 0 aliphatic carbocycles. The Hall–Kier alpha value is -1.62. The van der Waals surface area contributed by atoms with Crippen LogP contribution in [0.15, 0.2) is 35.4 Å². The third kappa shape index (κ3) is 3.48. The molecule has 0 aliphatic heterocycles. The minimum absolute atomic E-state index is 0.0983. The van der Waals surface area contributed by atoms with Gasteiger partial charge in [-0.3, -0.25) is 0 Å². The summed E-state index contributed by atoms with van der Waals surface area (Å²) in [7, 11) is 0. The van der Waals surface area contributed by atoms with E-state index in [0.29, 0.717) is 12.3 Å². The van der Waals surface area contributed by atoms with Crippen molar-refractivity contribution in [2.45, 2.75) is 24.6 Å². The molecule has 0 spiro atoms. The van der Waals surface area contributed by atoms with Gasteiger partial charge in [-0.1, -0.05) is 36.0 Å². The van der Waals surface area contributed by atoms with Crippen LogP contribution in [0.5, 0.6) is 0 Å². The van der Waals surface area contributed by atoms with Crippen molar-refractivity contribution in [2.75, 3.05) is 11.9 Å². The first-order valence-corrected chi connectivity index (χ1v) is 7.37. The Labute approximate surface area is 121 Å². The van der Waals surface area contributed by atoms with E-state index < -0.39 is 11.6 Å². The van der Waals surface area contributed by atoms with Gasteiger partial charge in [0.2, 0.25) is 0 Å². The van der Waals surface area contributed by atoms with Crippen molar-refractivity contribution in [3.8, 4) is 0 Å². The number of hydrogen-bond acceptors (Lipinski definition) is 3. The van der Waals surface area contributed by atoms with Crippen molar-refractivity contribution < 1.29 is 8.78 Å². The Balaban J connectivity index is 2.17. The first-order chi connectivity index (χ1) is 9.61. The van der Waals surface area contributed by atoms with E-state index in [0.717, 1.165) is 17.2 Å². The zero-order valence-electron chi connectivity index (χ0n) is 11.4. The smallest absolute Gasteiger partial charge is 0.168 e. The van der Waals surface area contributed by atoms with Crippen LogP contribution in [-0.4, -0.2) is 11.5 Å². The molecule has 0 unspecified atom stereocenters. The molecule has 0 fully saturated rings. The van der Waals surface area contributed by atoms with Gasteiger partial charge in [-0.2, -0.15) is 0 Å². The van der Waals surface area contributed by atoms with E-state index in [9.17, 15) is 8.78 Å². The average Bonchev–Trinajstić information content (AvgIpc) is 2.42. The van der Waals surface area contributed by atoms with E-state index in [1.165, 1.54) is 11.8 Å². The molecule has 2 rings (SSSR count). The standard InChI is InChI=1S/C15H16F2N2S/c1-3-18-14-12(16)8-13(17)15(19-14)20-9-11-7-5-4-6-10(11)2/h4-8H,3,9H2,1-2H3,(H,18,19). The molecular weight excluding hydrogens is 278 g/mol. The fourth-order valence-electron chi connectivity index (χ4n) is 1.76. The van der Waals surface area contributed by atoms with Gasteiger partial charge in [-0.25, -0.2) is 13.8 Å². The van der Waals surface area contributed by atoms with Crippen molar-refractivity contribution in [2.24, 2.45) is 0 Å². The molecule has 20 heavy (non-hydrogen) atoms. The largest absolute Gasteiger partial charge is 0.368 e. The third-order valence-corrected chi connectivity index (χ3v) is 3.88. The number of rotatable bonds is 5. The number of halogens is 2. The highest BCUT2D eigenvalue weighted by atomic mass is 32.2. The predicted octanol–water partition coefficient (Wildman–Crippen LogP) is 4.39. The van der Waals surface area contributed by atoms with Crippen LogP contribution < -0.4 is 5.32 Å². The molecule has 0 atom stereocenters. The van der Waals surface area contributed by atoms with Crippen molar-refractivity contribution in [3.63, 3.8) is 0 Å². The second-order valence-corrected chi connectivity index (χ2v) is 5.32. The molecule has 1 heterocycles. The molecule has 0 saturated carbocycles. The fraction of sp³-hybridized carbons (Fsp3) is 0.267. The molecule has 0 saturated heterocycles. The summed E-state index contributed by atoms with van der Waals surface area (Å²) in [6, 6.07) is 8.79. The Morgan fingerprint density at radius 2 is 1.95 bits per heavy atom. The van der Waals surface area contributed by atoms with Gasteiger partial charge < -0.3 is 5.32 Å². The maximum Gasteiger partial charge on any atom is 0.168 e. The topological polar surface area (TPSA) is 24.9 Å². The van der Waals surface area contributed by atoms with Gasteiger partial charge in [0.05, 0.1) is 0 Å². The second-order valence-electron chi connectivity index (χ2n) is 4.35. The number of pyridine rings is 1. The minimum atomic E-state index is -0.662. The summed E-state index contributed by atoms with van der Waals surface area (Å²) in [6.07, 6.45) is 0. The molecule has 1 aromatic heterocycles. The molecule has 1 aromatic carbocycles. The van der Waals surface area contributed by atoms with Gasteiger partial charge in [0.25, 0.3) is 0 Å². The molecule has 2 nitrogen and oxygen atoms in total. The first-order valence-electron chi connectivity index (χ1n) is 6.39. The molecule has 0 radical (unpaired) electrons. The van der Waals surface area contributed by atoms with Gasteiger partial charge in [-0.05, 0) is 25.0 Å². The highest BCUT2D eigenvalue weighted by Gasteiger charge is 2.12. The fourth-order valence-corrected chi connectivity index (χ4v) is 2.73. The van der Waals surface area contributed by atoms with E-state index >= 15 is 0 Å². The number of hydrogen-bond donors (Lipinski definition) is 1. The lowest BCUT2D eigenvalue weighted by Gasteiger charge is -2.09. The molecule has 1 N–H and O–H groups in total. The van der Waals surface area contributed by atoms with E-state index in [4.69, 9.17) is 0 Å². The Bertz CT molecular complexity index is 602. The van der Waals surface area contributed by atoms with Crippen LogP contribution >= 0.6 is 11.8 Å². The van der Waals surface area contributed by atoms with Crippen LogP contribution in [-0.2, 0) is 5.75 Å². The zero-order chi connectivity index (χ0) is 14.5. The molecule has 106 valence electrons. The number of benzene rings is 1. The minimum Gasteiger partial charge on any atom is -0.368 e. The van der Waals surface area contributed by atoms with Crippen molar-refractivity contribution in [1.29, 1.82) is 0 Å². The highest BCUT2D eigenvalue weighted by molar-refractivity contribution is 7.98. The Morgan fingerprint density at radius 3 is 2.65 bits per heavy atom. The summed E-state index contributed by atoms with van der Waals surface area (Å²) in [5, 5.41) is 3.00. The normalized spacial score (nSPS) is 10.6. The number of anilines is 1. The number of aryl methyl sites for hydroxylation is 1.